The van der Waals surface area contributed by atoms with Crippen molar-refractivity contribution in [2.45, 2.75) is 32.8 Å². The zero-order valence-corrected chi connectivity index (χ0v) is 8.83. The third-order valence-electron chi connectivity index (χ3n) is 2.13. The zero-order valence-electron chi connectivity index (χ0n) is 8.83. The van der Waals surface area contributed by atoms with E-state index in [0.717, 1.165) is 29.5 Å². The highest BCUT2D eigenvalue weighted by Gasteiger charge is 2.07. The molecule has 0 bridgehead atoms. The van der Waals surface area contributed by atoms with Gasteiger partial charge in [0.1, 0.15) is 0 Å². The van der Waals surface area contributed by atoms with Crippen LogP contribution in [0, 0.1) is 6.92 Å². The summed E-state index contributed by atoms with van der Waals surface area (Å²) in [6, 6.07) is 1.97. The molecule has 1 unspecified atom stereocenters. The average molecular weight is 191 g/mol. The van der Waals surface area contributed by atoms with E-state index >= 15 is 0 Å². The predicted molar refractivity (Wildman–Crippen MR) is 58.0 cm³/mol. The van der Waals surface area contributed by atoms with Gasteiger partial charge in [-0.1, -0.05) is 11.6 Å². The standard InChI is InChI=1S/C12H17NO/c1-9(2)4-5-12(14)11-6-10(3)7-13-8-11/h6-8,12,14H,1,4-5H2,2-3H3. The minimum absolute atomic E-state index is 0.418. The van der Waals surface area contributed by atoms with Crippen LogP contribution in [0.2, 0.25) is 0 Å². The fourth-order valence-corrected chi connectivity index (χ4v) is 1.31. The van der Waals surface area contributed by atoms with Crippen molar-refractivity contribution in [2.24, 2.45) is 0 Å². The first kappa shape index (κ1) is 10.9. The highest BCUT2D eigenvalue weighted by Crippen LogP contribution is 2.19. The zero-order chi connectivity index (χ0) is 10.6. The van der Waals surface area contributed by atoms with E-state index in [1.54, 1.807) is 12.4 Å². The lowest BCUT2D eigenvalue weighted by molar-refractivity contribution is 0.167. The van der Waals surface area contributed by atoms with Gasteiger partial charge < -0.3 is 5.11 Å². The minimum atomic E-state index is -0.418. The lowest BCUT2D eigenvalue weighted by Gasteiger charge is -2.10. The number of aromatic nitrogens is 1. The molecule has 0 aromatic carbocycles. The van der Waals surface area contributed by atoms with Crippen LogP contribution in [-0.2, 0) is 0 Å². The van der Waals surface area contributed by atoms with Crippen molar-refractivity contribution in [3.8, 4) is 0 Å². The third kappa shape index (κ3) is 3.30. The number of allylic oxidation sites excluding steroid dienone is 1. The van der Waals surface area contributed by atoms with Crippen LogP contribution < -0.4 is 0 Å². The summed E-state index contributed by atoms with van der Waals surface area (Å²) < 4.78 is 0. The first-order valence-corrected chi connectivity index (χ1v) is 4.83. The van der Waals surface area contributed by atoms with Gasteiger partial charge in [-0.15, -0.1) is 6.58 Å². The van der Waals surface area contributed by atoms with Gasteiger partial charge in [0.05, 0.1) is 6.10 Å². The molecule has 0 spiro atoms. The lowest BCUT2D eigenvalue weighted by Crippen LogP contribution is -1.98. The Morgan fingerprint density at radius 3 is 2.86 bits per heavy atom. The Bertz CT molecular complexity index is 320. The quantitative estimate of drug-likeness (QED) is 0.742. The van der Waals surface area contributed by atoms with Crippen molar-refractivity contribution in [3.63, 3.8) is 0 Å². The van der Waals surface area contributed by atoms with Crippen LogP contribution in [0.15, 0.2) is 30.6 Å². The number of aliphatic hydroxyl groups is 1. The van der Waals surface area contributed by atoms with Crippen LogP contribution in [0.5, 0.6) is 0 Å². The summed E-state index contributed by atoms with van der Waals surface area (Å²) in [4.78, 5) is 4.05. The molecule has 0 radical (unpaired) electrons. The van der Waals surface area contributed by atoms with Crippen LogP contribution in [0.1, 0.15) is 37.0 Å². The van der Waals surface area contributed by atoms with E-state index in [2.05, 4.69) is 11.6 Å². The second-order valence-corrected chi connectivity index (χ2v) is 3.81. The highest BCUT2D eigenvalue weighted by molar-refractivity contribution is 5.18. The van der Waals surface area contributed by atoms with Gasteiger partial charge in [-0.3, -0.25) is 4.98 Å². The first-order chi connectivity index (χ1) is 6.59. The Morgan fingerprint density at radius 2 is 2.29 bits per heavy atom. The molecule has 0 aliphatic heterocycles. The molecule has 76 valence electrons. The Kier molecular flexibility index (Phi) is 3.84. The fourth-order valence-electron chi connectivity index (χ4n) is 1.31. The molecule has 1 heterocycles. The van der Waals surface area contributed by atoms with Gasteiger partial charge in [0.2, 0.25) is 0 Å². The second kappa shape index (κ2) is 4.91. The van der Waals surface area contributed by atoms with Crippen molar-refractivity contribution in [2.75, 3.05) is 0 Å². The van der Waals surface area contributed by atoms with E-state index < -0.39 is 6.10 Å². The summed E-state index contributed by atoms with van der Waals surface area (Å²) in [5.41, 5.74) is 3.08. The van der Waals surface area contributed by atoms with Gasteiger partial charge in [-0.05, 0) is 37.8 Å². The van der Waals surface area contributed by atoms with E-state index in [0.29, 0.717) is 0 Å². The summed E-state index contributed by atoms with van der Waals surface area (Å²) >= 11 is 0. The molecular formula is C12H17NO. The average Bonchev–Trinajstić information content (AvgIpc) is 2.14. The normalized spacial score (nSPS) is 12.5. The number of nitrogens with zero attached hydrogens (tertiary/aromatic N) is 1. The van der Waals surface area contributed by atoms with E-state index in [-0.39, 0.29) is 0 Å². The van der Waals surface area contributed by atoms with Crippen LogP contribution in [0.3, 0.4) is 0 Å². The van der Waals surface area contributed by atoms with Gasteiger partial charge in [0.25, 0.3) is 0 Å². The van der Waals surface area contributed by atoms with Crippen LogP contribution in [0.25, 0.3) is 0 Å². The number of rotatable bonds is 4. The van der Waals surface area contributed by atoms with E-state index in [9.17, 15) is 5.11 Å². The third-order valence-corrected chi connectivity index (χ3v) is 2.13. The number of pyridine rings is 1. The van der Waals surface area contributed by atoms with Crippen LogP contribution >= 0.6 is 0 Å². The van der Waals surface area contributed by atoms with Gasteiger partial charge in [0, 0.05) is 12.4 Å². The Morgan fingerprint density at radius 1 is 1.57 bits per heavy atom. The minimum Gasteiger partial charge on any atom is -0.388 e. The Balaban J connectivity index is 2.60. The molecule has 0 saturated carbocycles. The summed E-state index contributed by atoms with van der Waals surface area (Å²) in [7, 11) is 0. The summed E-state index contributed by atoms with van der Waals surface area (Å²) in [5, 5.41) is 9.81. The summed E-state index contributed by atoms with van der Waals surface area (Å²) in [6.07, 6.45) is 4.67. The topological polar surface area (TPSA) is 33.1 Å². The SMILES string of the molecule is C=C(C)CCC(O)c1cncc(C)c1. The van der Waals surface area contributed by atoms with Crippen molar-refractivity contribution in [1.29, 1.82) is 0 Å². The molecule has 1 aromatic rings. The highest BCUT2D eigenvalue weighted by atomic mass is 16.3. The predicted octanol–water partition coefficient (Wildman–Crippen LogP) is 2.78. The van der Waals surface area contributed by atoms with Crippen molar-refractivity contribution in [3.05, 3.63) is 41.7 Å². The maximum atomic E-state index is 9.81. The largest absolute Gasteiger partial charge is 0.388 e. The molecule has 0 amide bonds. The fraction of sp³-hybridized carbons (Fsp3) is 0.417. The number of hydrogen-bond donors (Lipinski definition) is 1. The van der Waals surface area contributed by atoms with Gasteiger partial charge in [-0.25, -0.2) is 0 Å². The van der Waals surface area contributed by atoms with Crippen LogP contribution in [-0.4, -0.2) is 10.1 Å². The molecule has 0 aliphatic carbocycles. The second-order valence-electron chi connectivity index (χ2n) is 3.81. The van der Waals surface area contributed by atoms with Crippen LogP contribution in [0.4, 0.5) is 0 Å². The first-order valence-electron chi connectivity index (χ1n) is 4.83. The van der Waals surface area contributed by atoms with E-state index in [4.69, 9.17) is 0 Å². The molecule has 1 rings (SSSR count). The van der Waals surface area contributed by atoms with Crippen molar-refractivity contribution in [1.82, 2.24) is 4.98 Å². The van der Waals surface area contributed by atoms with Crippen molar-refractivity contribution >= 4 is 0 Å². The molecular weight excluding hydrogens is 174 g/mol. The van der Waals surface area contributed by atoms with Gasteiger partial charge in [0.15, 0.2) is 0 Å². The van der Waals surface area contributed by atoms with Gasteiger partial charge in [-0.2, -0.15) is 0 Å². The molecule has 1 aromatic heterocycles. The number of aryl methyl sites for hydroxylation is 1. The Labute approximate surface area is 85.3 Å². The smallest absolute Gasteiger partial charge is 0.0808 e. The molecule has 1 atom stereocenters. The lowest BCUT2D eigenvalue weighted by atomic mass is 10.0. The number of aliphatic hydroxyl groups excluding tert-OH is 1. The van der Waals surface area contributed by atoms with E-state index in [1.807, 2.05) is 19.9 Å². The maximum Gasteiger partial charge on any atom is 0.0808 e. The Hall–Kier alpha value is -1.15. The molecule has 1 N–H and O–H groups in total. The molecule has 0 fully saturated rings. The maximum absolute atomic E-state index is 9.81. The van der Waals surface area contributed by atoms with E-state index in [1.165, 1.54) is 0 Å². The molecule has 14 heavy (non-hydrogen) atoms. The molecule has 2 nitrogen and oxygen atoms in total. The van der Waals surface area contributed by atoms with Gasteiger partial charge >= 0.3 is 0 Å². The molecule has 2 heteroatoms. The summed E-state index contributed by atoms with van der Waals surface area (Å²) in [5.74, 6) is 0. The molecule has 0 aliphatic rings. The van der Waals surface area contributed by atoms with Crippen molar-refractivity contribution < 1.29 is 5.11 Å². The number of hydrogen-bond acceptors (Lipinski definition) is 2. The monoisotopic (exact) mass is 191 g/mol. The molecule has 0 saturated heterocycles. The summed E-state index contributed by atoms with van der Waals surface area (Å²) in [6.45, 7) is 7.76.